The van der Waals surface area contributed by atoms with Gasteiger partial charge in [-0.25, -0.2) is 4.98 Å². The van der Waals surface area contributed by atoms with Gasteiger partial charge < -0.3 is 15.4 Å². The molecule has 0 bridgehead atoms. The van der Waals surface area contributed by atoms with Crippen LogP contribution in [0.2, 0.25) is 5.02 Å². The molecule has 3 rings (SSSR count). The van der Waals surface area contributed by atoms with Crippen LogP contribution >= 0.6 is 34.7 Å². The molecule has 2 heterocycles. The number of benzene rings is 1. The van der Waals surface area contributed by atoms with E-state index >= 15 is 0 Å². The molecule has 0 spiro atoms. The standard InChI is InChI=1S/C19H15ClN4O4S2/c1-28-18(27)15-14(10-2-4-11(20)5-3-10)12(8-21)17(24-16(15)26)30-9-13(25)23-19-22-6-7-29-19/h2-7,14-15H,9H2,1H3,(H,24,26)(H,22,23,25)/t14-,15-/m1/s1. The average molecular weight is 463 g/mol. The fourth-order valence-corrected chi connectivity index (χ4v) is 4.45. The lowest BCUT2D eigenvalue weighted by atomic mass is 9.78. The fourth-order valence-electron chi connectivity index (χ4n) is 2.93. The number of carbonyl (C=O) groups is 3. The number of thiazole rings is 1. The Morgan fingerprint density at radius 1 is 1.40 bits per heavy atom. The Morgan fingerprint density at radius 3 is 2.73 bits per heavy atom. The van der Waals surface area contributed by atoms with Crippen LogP contribution in [0.25, 0.3) is 0 Å². The lowest BCUT2D eigenvalue weighted by molar-refractivity contribution is -0.150. The largest absolute Gasteiger partial charge is 0.468 e. The molecule has 2 amide bonds. The molecule has 154 valence electrons. The van der Waals surface area contributed by atoms with Gasteiger partial charge in [0.2, 0.25) is 11.8 Å². The van der Waals surface area contributed by atoms with Crippen molar-refractivity contribution in [3.05, 3.63) is 57.0 Å². The van der Waals surface area contributed by atoms with Gasteiger partial charge in [-0.3, -0.25) is 14.4 Å². The molecule has 8 nitrogen and oxygen atoms in total. The van der Waals surface area contributed by atoms with Crippen LogP contribution in [0.15, 0.2) is 46.4 Å². The number of carbonyl (C=O) groups excluding carboxylic acids is 3. The van der Waals surface area contributed by atoms with Gasteiger partial charge in [-0.15, -0.1) is 11.3 Å². The number of hydrogen-bond donors (Lipinski definition) is 2. The van der Waals surface area contributed by atoms with E-state index in [0.717, 1.165) is 11.8 Å². The number of rotatable bonds is 6. The Balaban J connectivity index is 1.91. The van der Waals surface area contributed by atoms with Crippen LogP contribution in [-0.2, 0) is 19.1 Å². The molecule has 1 aliphatic heterocycles. The normalized spacial score (nSPS) is 18.4. The van der Waals surface area contributed by atoms with Gasteiger partial charge in [-0.05, 0) is 17.7 Å². The monoisotopic (exact) mass is 462 g/mol. The Hall–Kier alpha value is -2.87. The number of thioether (sulfide) groups is 1. The summed E-state index contributed by atoms with van der Waals surface area (Å²) in [5.74, 6) is -3.87. The molecule has 0 saturated heterocycles. The molecule has 2 aromatic rings. The second-order valence-electron chi connectivity index (χ2n) is 6.05. The average Bonchev–Trinajstić information content (AvgIpc) is 3.24. The highest BCUT2D eigenvalue weighted by Crippen LogP contribution is 2.40. The SMILES string of the molecule is COC(=O)[C@H]1C(=O)NC(SCC(=O)Nc2nccs2)=C(C#N)[C@H]1c1ccc(Cl)cc1. The van der Waals surface area contributed by atoms with Gasteiger partial charge in [-0.1, -0.05) is 35.5 Å². The van der Waals surface area contributed by atoms with Crippen molar-refractivity contribution in [3.63, 3.8) is 0 Å². The summed E-state index contributed by atoms with van der Waals surface area (Å²) in [5.41, 5.74) is 0.728. The van der Waals surface area contributed by atoms with Crippen LogP contribution in [0.5, 0.6) is 0 Å². The lowest BCUT2D eigenvalue weighted by Gasteiger charge is -2.30. The predicted molar refractivity (Wildman–Crippen MR) is 114 cm³/mol. The number of hydrogen-bond acceptors (Lipinski definition) is 8. The van der Waals surface area contributed by atoms with Crippen molar-refractivity contribution in [2.24, 2.45) is 5.92 Å². The maximum absolute atomic E-state index is 12.7. The second-order valence-corrected chi connectivity index (χ2v) is 8.36. The summed E-state index contributed by atoms with van der Waals surface area (Å²) in [6.07, 6.45) is 1.56. The van der Waals surface area contributed by atoms with E-state index in [2.05, 4.69) is 21.7 Å². The molecule has 1 aliphatic rings. The zero-order valence-corrected chi connectivity index (χ0v) is 17.9. The summed E-state index contributed by atoms with van der Waals surface area (Å²) in [5, 5.41) is 17.9. The number of nitriles is 1. The van der Waals surface area contributed by atoms with E-state index in [0.29, 0.717) is 15.7 Å². The number of halogens is 1. The summed E-state index contributed by atoms with van der Waals surface area (Å²) in [4.78, 5) is 41.2. The third kappa shape index (κ3) is 4.81. The van der Waals surface area contributed by atoms with E-state index in [9.17, 15) is 19.6 Å². The van der Waals surface area contributed by atoms with E-state index in [4.69, 9.17) is 16.3 Å². The minimum absolute atomic E-state index is 0.0589. The number of allylic oxidation sites excluding steroid dienone is 1. The minimum Gasteiger partial charge on any atom is -0.468 e. The number of nitrogens with zero attached hydrogens (tertiary/aromatic N) is 2. The van der Waals surface area contributed by atoms with Gasteiger partial charge in [0, 0.05) is 22.5 Å². The third-order valence-corrected chi connectivity index (χ3v) is 6.20. The van der Waals surface area contributed by atoms with E-state index in [-0.39, 0.29) is 22.3 Å². The molecule has 0 aliphatic carbocycles. The number of nitrogens with one attached hydrogen (secondary N) is 2. The van der Waals surface area contributed by atoms with Crippen molar-refractivity contribution >= 4 is 57.6 Å². The first kappa shape index (κ1) is 21.8. The fraction of sp³-hybridized carbons (Fsp3) is 0.211. The lowest BCUT2D eigenvalue weighted by Crippen LogP contribution is -2.44. The molecule has 2 atom stereocenters. The van der Waals surface area contributed by atoms with Crippen molar-refractivity contribution < 1.29 is 19.1 Å². The summed E-state index contributed by atoms with van der Waals surface area (Å²) in [6, 6.07) is 8.60. The predicted octanol–water partition coefficient (Wildman–Crippen LogP) is 2.91. The zero-order chi connectivity index (χ0) is 21.7. The number of aromatic nitrogens is 1. The topological polar surface area (TPSA) is 121 Å². The molecule has 0 fully saturated rings. The molecule has 2 N–H and O–H groups in total. The van der Waals surface area contributed by atoms with Crippen LogP contribution in [0.1, 0.15) is 11.5 Å². The van der Waals surface area contributed by atoms with Crippen LogP contribution < -0.4 is 10.6 Å². The zero-order valence-electron chi connectivity index (χ0n) is 15.5. The Kier molecular flexibility index (Phi) is 7.10. The first-order valence-electron chi connectivity index (χ1n) is 8.55. The summed E-state index contributed by atoms with van der Waals surface area (Å²) in [6.45, 7) is 0. The molecular formula is C19H15ClN4O4S2. The van der Waals surface area contributed by atoms with Crippen molar-refractivity contribution in [1.82, 2.24) is 10.3 Å². The van der Waals surface area contributed by atoms with Crippen LogP contribution in [0.4, 0.5) is 5.13 Å². The molecule has 0 unspecified atom stereocenters. The van der Waals surface area contributed by atoms with E-state index in [1.807, 2.05) is 0 Å². The van der Waals surface area contributed by atoms with E-state index < -0.39 is 23.7 Å². The van der Waals surface area contributed by atoms with E-state index in [1.165, 1.54) is 18.4 Å². The van der Waals surface area contributed by atoms with Crippen LogP contribution in [0.3, 0.4) is 0 Å². The highest BCUT2D eigenvalue weighted by molar-refractivity contribution is 8.03. The number of esters is 1. The number of anilines is 1. The maximum Gasteiger partial charge on any atom is 0.319 e. The van der Waals surface area contributed by atoms with Gasteiger partial charge in [-0.2, -0.15) is 5.26 Å². The summed E-state index contributed by atoms with van der Waals surface area (Å²) < 4.78 is 4.79. The molecular weight excluding hydrogens is 448 g/mol. The Bertz CT molecular complexity index is 1030. The Labute approximate surface area is 185 Å². The van der Waals surface area contributed by atoms with Gasteiger partial charge in [0.25, 0.3) is 0 Å². The smallest absolute Gasteiger partial charge is 0.319 e. The van der Waals surface area contributed by atoms with Crippen molar-refractivity contribution in [1.29, 1.82) is 5.26 Å². The highest BCUT2D eigenvalue weighted by atomic mass is 35.5. The number of amides is 2. The molecule has 1 aromatic heterocycles. The quantitative estimate of drug-likeness (QED) is 0.500. The van der Waals surface area contributed by atoms with Crippen molar-refractivity contribution in [2.45, 2.75) is 5.92 Å². The first-order chi connectivity index (χ1) is 14.4. The van der Waals surface area contributed by atoms with Gasteiger partial charge in [0.05, 0.1) is 29.5 Å². The minimum atomic E-state index is -1.24. The summed E-state index contributed by atoms with van der Waals surface area (Å²) >= 11 is 8.22. The Morgan fingerprint density at radius 2 is 2.13 bits per heavy atom. The number of methoxy groups -OCH3 is 1. The van der Waals surface area contributed by atoms with Gasteiger partial charge in [0.1, 0.15) is 5.92 Å². The summed E-state index contributed by atoms with van der Waals surface area (Å²) in [7, 11) is 1.18. The number of ether oxygens (including phenoxy) is 1. The van der Waals surface area contributed by atoms with Crippen LogP contribution in [-0.4, -0.2) is 35.6 Å². The molecule has 30 heavy (non-hydrogen) atoms. The molecule has 11 heteroatoms. The molecule has 1 aromatic carbocycles. The maximum atomic E-state index is 12.7. The van der Waals surface area contributed by atoms with Gasteiger partial charge >= 0.3 is 5.97 Å². The highest BCUT2D eigenvalue weighted by Gasteiger charge is 2.44. The second kappa shape index (κ2) is 9.75. The third-order valence-electron chi connectivity index (χ3n) is 4.24. The van der Waals surface area contributed by atoms with Crippen molar-refractivity contribution in [3.8, 4) is 6.07 Å². The first-order valence-corrected chi connectivity index (χ1v) is 10.8. The van der Waals surface area contributed by atoms with Crippen molar-refractivity contribution in [2.75, 3.05) is 18.2 Å². The van der Waals surface area contributed by atoms with Gasteiger partial charge in [0.15, 0.2) is 5.13 Å². The van der Waals surface area contributed by atoms with Crippen LogP contribution in [0, 0.1) is 17.2 Å². The van der Waals surface area contributed by atoms with E-state index in [1.54, 1.807) is 35.8 Å². The molecule has 0 radical (unpaired) electrons. The molecule has 0 saturated carbocycles.